The molecule has 3 aromatic heterocycles. The maximum Gasteiger partial charge on any atom is 0.270 e. The Balaban J connectivity index is 1.49. The molecular weight excluding hydrogens is 471 g/mol. The molecule has 1 saturated carbocycles. The van der Waals surface area contributed by atoms with Gasteiger partial charge >= 0.3 is 0 Å². The Hall–Kier alpha value is -4.21. The van der Waals surface area contributed by atoms with Crippen LogP contribution >= 0.6 is 0 Å². The molecule has 1 aliphatic carbocycles. The van der Waals surface area contributed by atoms with Crippen molar-refractivity contribution in [1.82, 2.24) is 30.0 Å². The first-order chi connectivity index (χ1) is 17.7. The van der Waals surface area contributed by atoms with E-state index in [1.54, 1.807) is 35.1 Å². The van der Waals surface area contributed by atoms with Crippen molar-refractivity contribution in [2.75, 3.05) is 0 Å². The molecule has 4 aromatic rings. The summed E-state index contributed by atoms with van der Waals surface area (Å²) >= 11 is 0. The van der Waals surface area contributed by atoms with Crippen LogP contribution < -0.4 is 11.1 Å². The minimum atomic E-state index is -0.697. The van der Waals surface area contributed by atoms with Gasteiger partial charge in [-0.25, -0.2) is 29.0 Å². The number of nitrogens with two attached hydrogens (primary N) is 1. The normalized spacial score (nSPS) is 16.9. The summed E-state index contributed by atoms with van der Waals surface area (Å²) in [6.45, 7) is 6.00. The second-order valence-corrected chi connectivity index (χ2v) is 10.3. The lowest BCUT2D eigenvalue weighted by molar-refractivity contribution is 0.0929. The highest BCUT2D eigenvalue weighted by molar-refractivity contribution is 6.04. The molecule has 0 radical (unpaired) electrons. The van der Waals surface area contributed by atoms with Crippen LogP contribution in [0.3, 0.4) is 0 Å². The largest absolute Gasteiger partial charge is 0.386 e. The van der Waals surface area contributed by atoms with Gasteiger partial charge in [-0.1, -0.05) is 18.2 Å². The van der Waals surface area contributed by atoms with Gasteiger partial charge in [-0.3, -0.25) is 4.79 Å². The fourth-order valence-electron chi connectivity index (χ4n) is 4.82. The number of aromatic nitrogens is 5. The summed E-state index contributed by atoms with van der Waals surface area (Å²) in [5, 5.41) is 8.51. The number of rotatable bonds is 6. The van der Waals surface area contributed by atoms with E-state index < -0.39 is 5.41 Å². The lowest BCUT2D eigenvalue weighted by Gasteiger charge is -2.22. The van der Waals surface area contributed by atoms with Crippen LogP contribution in [0.25, 0.3) is 22.6 Å². The molecule has 1 aromatic carbocycles. The van der Waals surface area contributed by atoms with Gasteiger partial charge in [-0.15, -0.1) is 0 Å². The number of halogens is 1. The maximum atomic E-state index is 14.4. The van der Waals surface area contributed by atoms with Gasteiger partial charge in [0.15, 0.2) is 17.3 Å². The lowest BCUT2D eigenvalue weighted by atomic mass is 9.84. The number of pyridine rings is 1. The Morgan fingerprint density at radius 3 is 2.76 bits per heavy atom. The third kappa shape index (κ3) is 3.92. The Kier molecular flexibility index (Phi) is 5.29. The van der Waals surface area contributed by atoms with E-state index in [2.05, 4.69) is 15.3 Å². The summed E-state index contributed by atoms with van der Waals surface area (Å²) in [7, 11) is 0. The molecule has 10 heteroatoms. The summed E-state index contributed by atoms with van der Waals surface area (Å²) in [6, 6.07) is 10.2. The van der Waals surface area contributed by atoms with Gasteiger partial charge in [0.2, 0.25) is 0 Å². The van der Waals surface area contributed by atoms with Gasteiger partial charge < -0.3 is 11.1 Å². The van der Waals surface area contributed by atoms with Crippen LogP contribution in [-0.4, -0.2) is 42.5 Å². The van der Waals surface area contributed by atoms with E-state index in [4.69, 9.17) is 20.8 Å². The molecular formula is C27H27FN8O. The quantitative estimate of drug-likeness (QED) is 0.416. The number of benzene rings is 1. The number of hydrogen-bond donors (Lipinski definition) is 2. The van der Waals surface area contributed by atoms with Crippen molar-refractivity contribution in [2.24, 2.45) is 16.6 Å². The summed E-state index contributed by atoms with van der Waals surface area (Å²) in [4.78, 5) is 31.9. The van der Waals surface area contributed by atoms with E-state index >= 15 is 0 Å². The molecule has 188 valence electrons. The number of hydrogen-bond acceptors (Lipinski definition) is 7. The van der Waals surface area contributed by atoms with Crippen molar-refractivity contribution in [2.45, 2.75) is 51.6 Å². The van der Waals surface area contributed by atoms with Crippen molar-refractivity contribution in [3.8, 4) is 11.5 Å². The monoisotopic (exact) mass is 498 g/mol. The van der Waals surface area contributed by atoms with Crippen molar-refractivity contribution < 1.29 is 9.18 Å². The number of nitrogens with one attached hydrogen (secondary N) is 1. The standard InChI is InChI=1S/C27H27FN8O/c1-14(15-10-11-15)31-25(37)21-19-22(34-26(29)27(19,2)3)33-23(32-21)20-17-8-6-12-30-24(17)36(35-20)13-16-7-4-5-9-18(16)28/h4-9,12,14-15H,10-11,13H2,1-3H3,(H,31,37)(H2,29,32,33,34). The third-order valence-electron chi connectivity index (χ3n) is 7.28. The number of fused-ring (bicyclic) bond motifs is 2. The summed E-state index contributed by atoms with van der Waals surface area (Å²) in [5.74, 6) is 0.838. The van der Waals surface area contributed by atoms with Crippen LogP contribution in [0.5, 0.6) is 0 Å². The van der Waals surface area contributed by atoms with Gasteiger partial charge in [0.05, 0.1) is 17.3 Å². The van der Waals surface area contributed by atoms with Crippen LogP contribution in [0.2, 0.25) is 0 Å². The summed E-state index contributed by atoms with van der Waals surface area (Å²) < 4.78 is 16.0. The van der Waals surface area contributed by atoms with E-state index in [0.717, 1.165) is 12.8 Å². The first-order valence-corrected chi connectivity index (χ1v) is 12.4. The zero-order valence-electron chi connectivity index (χ0n) is 20.9. The minimum absolute atomic E-state index is 0.0364. The first kappa shape index (κ1) is 23.2. The molecule has 0 saturated heterocycles. The Labute approximate surface area is 213 Å². The molecule has 6 rings (SSSR count). The van der Waals surface area contributed by atoms with Gasteiger partial charge in [-0.2, -0.15) is 5.10 Å². The van der Waals surface area contributed by atoms with Gasteiger partial charge in [0, 0.05) is 23.4 Å². The van der Waals surface area contributed by atoms with Crippen LogP contribution in [-0.2, 0) is 12.0 Å². The molecule has 1 atom stereocenters. The van der Waals surface area contributed by atoms with E-state index in [0.29, 0.717) is 45.4 Å². The van der Waals surface area contributed by atoms with Crippen molar-refractivity contribution in [1.29, 1.82) is 0 Å². The Morgan fingerprint density at radius 1 is 1.22 bits per heavy atom. The number of amidine groups is 1. The fraction of sp³-hybridized carbons (Fsp3) is 0.333. The summed E-state index contributed by atoms with van der Waals surface area (Å²) in [6.07, 6.45) is 3.87. The number of nitrogens with zero attached hydrogens (tertiary/aromatic N) is 6. The van der Waals surface area contributed by atoms with E-state index in [-0.39, 0.29) is 35.8 Å². The van der Waals surface area contributed by atoms with Crippen molar-refractivity contribution >= 4 is 28.6 Å². The Bertz CT molecular complexity index is 1590. The molecule has 4 heterocycles. The van der Waals surface area contributed by atoms with Gasteiger partial charge in [0.25, 0.3) is 5.91 Å². The molecule has 1 fully saturated rings. The predicted molar refractivity (Wildman–Crippen MR) is 138 cm³/mol. The molecule has 3 N–H and O–H groups in total. The smallest absolute Gasteiger partial charge is 0.270 e. The van der Waals surface area contributed by atoms with Crippen LogP contribution in [0, 0.1) is 11.7 Å². The van der Waals surface area contributed by atoms with Crippen molar-refractivity contribution in [3.05, 3.63) is 65.2 Å². The SMILES string of the molecule is CC(NC(=O)c1nc(-c2nn(Cc3ccccc3F)c3ncccc23)nc2c1C(C)(C)C(N)=N2)C1CC1. The number of carbonyl (C=O) groups excluding carboxylic acids is 1. The highest BCUT2D eigenvalue weighted by Crippen LogP contribution is 2.41. The molecule has 37 heavy (non-hydrogen) atoms. The molecule has 9 nitrogen and oxygen atoms in total. The second-order valence-electron chi connectivity index (χ2n) is 10.3. The van der Waals surface area contributed by atoms with Crippen molar-refractivity contribution in [3.63, 3.8) is 0 Å². The van der Waals surface area contributed by atoms with E-state index in [9.17, 15) is 9.18 Å². The maximum absolute atomic E-state index is 14.4. The molecule has 1 aliphatic heterocycles. The van der Waals surface area contributed by atoms with E-state index in [1.165, 1.54) is 6.07 Å². The van der Waals surface area contributed by atoms with Gasteiger partial charge in [-0.05, 0) is 57.7 Å². The second kappa shape index (κ2) is 8.43. The average Bonchev–Trinajstić information content (AvgIpc) is 3.63. The highest BCUT2D eigenvalue weighted by atomic mass is 19.1. The number of carbonyl (C=O) groups is 1. The molecule has 0 bridgehead atoms. The Morgan fingerprint density at radius 2 is 2.00 bits per heavy atom. The first-order valence-electron chi connectivity index (χ1n) is 12.4. The lowest BCUT2D eigenvalue weighted by Crippen LogP contribution is -2.38. The number of amides is 1. The molecule has 2 aliphatic rings. The number of aliphatic imine (C=N–C) groups is 1. The van der Waals surface area contributed by atoms with E-state index in [1.807, 2.05) is 26.8 Å². The minimum Gasteiger partial charge on any atom is -0.386 e. The fourth-order valence-corrected chi connectivity index (χ4v) is 4.82. The third-order valence-corrected chi connectivity index (χ3v) is 7.28. The zero-order valence-corrected chi connectivity index (χ0v) is 20.9. The molecule has 1 amide bonds. The van der Waals surface area contributed by atoms with Gasteiger partial charge in [0.1, 0.15) is 23.0 Å². The molecule has 0 spiro atoms. The average molecular weight is 499 g/mol. The van der Waals surface area contributed by atoms with Crippen LogP contribution in [0.4, 0.5) is 10.2 Å². The predicted octanol–water partition coefficient (Wildman–Crippen LogP) is 3.88. The molecule has 1 unspecified atom stereocenters. The highest BCUT2D eigenvalue weighted by Gasteiger charge is 2.41. The van der Waals surface area contributed by atoms with Crippen LogP contribution in [0.15, 0.2) is 47.6 Å². The van der Waals surface area contributed by atoms with Crippen LogP contribution in [0.1, 0.15) is 55.2 Å². The summed E-state index contributed by atoms with van der Waals surface area (Å²) in [5.41, 5.74) is 7.87. The zero-order chi connectivity index (χ0) is 25.9. The topological polar surface area (TPSA) is 124 Å².